The van der Waals surface area contributed by atoms with Gasteiger partial charge in [-0.15, -0.1) is 0 Å². The van der Waals surface area contributed by atoms with Crippen molar-refractivity contribution in [3.63, 3.8) is 0 Å². The molecule has 1 fully saturated rings. The van der Waals surface area contributed by atoms with Gasteiger partial charge in [0.05, 0.1) is 13.2 Å². The lowest BCUT2D eigenvalue weighted by Gasteiger charge is -2.38. The van der Waals surface area contributed by atoms with Crippen molar-refractivity contribution in [3.8, 4) is 0 Å². The van der Waals surface area contributed by atoms with Gasteiger partial charge in [-0.2, -0.15) is 0 Å². The zero-order chi connectivity index (χ0) is 14.0. The van der Waals surface area contributed by atoms with Crippen LogP contribution in [0.1, 0.15) is 23.0 Å². The second-order valence-electron chi connectivity index (χ2n) is 4.84. The number of primary amides is 1. The van der Waals surface area contributed by atoms with Gasteiger partial charge in [0.1, 0.15) is 5.69 Å². The standard InChI is InChI=1S/C13H17N3O3/c1-9-4-3-5-15-10(9)11(17)16-6-7-19-13(2,8-16)12(14)18/h3-5H,6-8H2,1-2H3,(H2,14,18)/t13-/m0/s1. The van der Waals surface area contributed by atoms with E-state index < -0.39 is 11.5 Å². The van der Waals surface area contributed by atoms with E-state index in [4.69, 9.17) is 10.5 Å². The predicted molar refractivity (Wildman–Crippen MR) is 68.4 cm³/mol. The second-order valence-corrected chi connectivity index (χ2v) is 4.84. The van der Waals surface area contributed by atoms with E-state index in [9.17, 15) is 9.59 Å². The van der Waals surface area contributed by atoms with E-state index >= 15 is 0 Å². The summed E-state index contributed by atoms with van der Waals surface area (Å²) < 4.78 is 5.38. The zero-order valence-electron chi connectivity index (χ0n) is 11.0. The summed E-state index contributed by atoms with van der Waals surface area (Å²) in [6.45, 7) is 4.29. The Hall–Kier alpha value is -1.95. The van der Waals surface area contributed by atoms with Gasteiger partial charge >= 0.3 is 0 Å². The van der Waals surface area contributed by atoms with Crippen molar-refractivity contribution in [2.24, 2.45) is 5.73 Å². The Balaban J connectivity index is 2.21. The van der Waals surface area contributed by atoms with Crippen molar-refractivity contribution in [2.75, 3.05) is 19.7 Å². The summed E-state index contributed by atoms with van der Waals surface area (Å²) in [5.74, 6) is -0.767. The van der Waals surface area contributed by atoms with Gasteiger partial charge in [-0.05, 0) is 25.5 Å². The molecular formula is C13H17N3O3. The predicted octanol–water partition coefficient (Wildman–Crippen LogP) is 0.106. The molecule has 2 N–H and O–H groups in total. The van der Waals surface area contributed by atoms with Gasteiger partial charge in [-0.25, -0.2) is 0 Å². The Bertz CT molecular complexity index is 518. The molecule has 0 bridgehead atoms. The fourth-order valence-corrected chi connectivity index (χ4v) is 2.05. The van der Waals surface area contributed by atoms with Crippen molar-refractivity contribution in [3.05, 3.63) is 29.6 Å². The Labute approximate surface area is 111 Å². The van der Waals surface area contributed by atoms with Crippen LogP contribution in [0.4, 0.5) is 0 Å². The van der Waals surface area contributed by atoms with Crippen molar-refractivity contribution < 1.29 is 14.3 Å². The van der Waals surface area contributed by atoms with Crippen LogP contribution in [-0.4, -0.2) is 47.0 Å². The Morgan fingerprint density at radius 3 is 2.89 bits per heavy atom. The number of ether oxygens (including phenoxy) is 1. The van der Waals surface area contributed by atoms with Gasteiger partial charge < -0.3 is 15.4 Å². The summed E-state index contributed by atoms with van der Waals surface area (Å²) in [4.78, 5) is 29.4. The number of nitrogens with zero attached hydrogens (tertiary/aromatic N) is 2. The van der Waals surface area contributed by atoms with Crippen LogP contribution in [0.3, 0.4) is 0 Å². The van der Waals surface area contributed by atoms with Crippen molar-refractivity contribution in [1.29, 1.82) is 0 Å². The van der Waals surface area contributed by atoms with E-state index in [-0.39, 0.29) is 19.1 Å². The van der Waals surface area contributed by atoms with E-state index in [1.165, 1.54) is 0 Å². The quantitative estimate of drug-likeness (QED) is 0.820. The highest BCUT2D eigenvalue weighted by atomic mass is 16.5. The van der Waals surface area contributed by atoms with E-state index in [2.05, 4.69) is 4.98 Å². The normalized spacial score (nSPS) is 23.2. The molecule has 0 unspecified atom stereocenters. The first-order valence-corrected chi connectivity index (χ1v) is 6.09. The molecule has 6 nitrogen and oxygen atoms in total. The lowest BCUT2D eigenvalue weighted by molar-refractivity contribution is -0.150. The number of hydrogen-bond donors (Lipinski definition) is 1. The molecule has 102 valence electrons. The summed E-state index contributed by atoms with van der Waals surface area (Å²) in [6.07, 6.45) is 1.58. The Morgan fingerprint density at radius 1 is 1.53 bits per heavy atom. The van der Waals surface area contributed by atoms with Crippen LogP contribution in [0, 0.1) is 6.92 Å². The van der Waals surface area contributed by atoms with Crippen LogP contribution in [-0.2, 0) is 9.53 Å². The lowest BCUT2D eigenvalue weighted by atomic mass is 10.0. The highest BCUT2D eigenvalue weighted by molar-refractivity contribution is 5.94. The molecule has 0 aliphatic carbocycles. The van der Waals surface area contributed by atoms with Gasteiger partial charge in [0.25, 0.3) is 11.8 Å². The van der Waals surface area contributed by atoms with E-state index in [0.717, 1.165) is 5.56 Å². The number of aryl methyl sites for hydroxylation is 1. The molecule has 1 saturated heterocycles. The number of rotatable bonds is 2. The monoisotopic (exact) mass is 263 g/mol. The minimum Gasteiger partial charge on any atom is -0.367 e. The maximum absolute atomic E-state index is 12.4. The van der Waals surface area contributed by atoms with Crippen LogP contribution in [0.2, 0.25) is 0 Å². The fraction of sp³-hybridized carbons (Fsp3) is 0.462. The summed E-state index contributed by atoms with van der Waals surface area (Å²) in [5.41, 5.74) is 5.39. The van der Waals surface area contributed by atoms with Crippen molar-refractivity contribution >= 4 is 11.8 Å². The van der Waals surface area contributed by atoms with Gasteiger partial charge in [0, 0.05) is 12.7 Å². The van der Waals surface area contributed by atoms with E-state index in [0.29, 0.717) is 12.2 Å². The Morgan fingerprint density at radius 2 is 2.26 bits per heavy atom. The third-order valence-corrected chi connectivity index (χ3v) is 3.29. The van der Waals surface area contributed by atoms with Gasteiger partial charge in [-0.1, -0.05) is 6.07 Å². The number of nitrogens with two attached hydrogens (primary N) is 1. The number of aromatic nitrogens is 1. The fourth-order valence-electron chi connectivity index (χ4n) is 2.05. The molecule has 2 amide bonds. The van der Waals surface area contributed by atoms with E-state index in [1.54, 1.807) is 24.1 Å². The van der Waals surface area contributed by atoms with Crippen LogP contribution in [0.15, 0.2) is 18.3 Å². The van der Waals surface area contributed by atoms with Crippen LogP contribution in [0.25, 0.3) is 0 Å². The maximum Gasteiger partial charge on any atom is 0.272 e. The average molecular weight is 263 g/mol. The molecule has 1 aliphatic heterocycles. The van der Waals surface area contributed by atoms with Crippen LogP contribution in [0.5, 0.6) is 0 Å². The molecule has 0 saturated carbocycles. The number of carbonyl (C=O) groups is 2. The van der Waals surface area contributed by atoms with Crippen LogP contribution >= 0.6 is 0 Å². The smallest absolute Gasteiger partial charge is 0.272 e. The van der Waals surface area contributed by atoms with Crippen molar-refractivity contribution in [1.82, 2.24) is 9.88 Å². The molecule has 2 rings (SSSR count). The minimum absolute atomic E-state index is 0.150. The van der Waals surface area contributed by atoms with Gasteiger partial charge in [0.15, 0.2) is 5.60 Å². The number of pyridine rings is 1. The zero-order valence-corrected chi connectivity index (χ0v) is 11.0. The molecular weight excluding hydrogens is 246 g/mol. The molecule has 0 aromatic carbocycles. The maximum atomic E-state index is 12.4. The summed E-state index contributed by atoms with van der Waals surface area (Å²) >= 11 is 0. The SMILES string of the molecule is Cc1cccnc1C(=O)N1CCO[C@](C)(C(N)=O)C1. The lowest BCUT2D eigenvalue weighted by Crippen LogP contribution is -2.58. The molecule has 1 aromatic heterocycles. The molecule has 1 atom stereocenters. The molecule has 19 heavy (non-hydrogen) atoms. The molecule has 0 radical (unpaired) electrons. The van der Waals surface area contributed by atoms with Crippen LogP contribution < -0.4 is 5.73 Å². The first-order valence-electron chi connectivity index (χ1n) is 6.09. The minimum atomic E-state index is -1.13. The molecule has 2 heterocycles. The Kier molecular flexibility index (Phi) is 3.53. The summed E-state index contributed by atoms with van der Waals surface area (Å²) in [6, 6.07) is 3.60. The molecule has 1 aliphatic rings. The topological polar surface area (TPSA) is 85.5 Å². The number of morpholine rings is 1. The second kappa shape index (κ2) is 4.97. The summed E-state index contributed by atoms with van der Waals surface area (Å²) in [7, 11) is 0. The number of carbonyl (C=O) groups excluding carboxylic acids is 2. The highest BCUT2D eigenvalue weighted by Gasteiger charge is 2.39. The first-order chi connectivity index (χ1) is 8.94. The molecule has 0 spiro atoms. The third kappa shape index (κ3) is 2.58. The third-order valence-electron chi connectivity index (χ3n) is 3.29. The first kappa shape index (κ1) is 13.5. The number of hydrogen-bond acceptors (Lipinski definition) is 4. The largest absolute Gasteiger partial charge is 0.367 e. The average Bonchev–Trinajstić information content (AvgIpc) is 2.38. The summed E-state index contributed by atoms with van der Waals surface area (Å²) in [5, 5.41) is 0. The van der Waals surface area contributed by atoms with E-state index in [1.807, 2.05) is 13.0 Å². The van der Waals surface area contributed by atoms with Crippen molar-refractivity contribution in [2.45, 2.75) is 19.4 Å². The highest BCUT2D eigenvalue weighted by Crippen LogP contribution is 2.19. The number of amides is 2. The molecule has 6 heteroatoms. The van der Waals surface area contributed by atoms with Gasteiger partial charge in [0.2, 0.25) is 0 Å². The van der Waals surface area contributed by atoms with Gasteiger partial charge in [-0.3, -0.25) is 14.6 Å². The molecule has 1 aromatic rings.